The number of aromatic nitrogens is 3. The number of para-hydroxylation sites is 1. The highest BCUT2D eigenvalue weighted by atomic mass is 19.2. The number of nitrogens with zero attached hydrogens (tertiary/aromatic N) is 3. The van der Waals surface area contributed by atoms with E-state index in [0.717, 1.165) is 34.5 Å². The van der Waals surface area contributed by atoms with E-state index in [1.54, 1.807) is 10.7 Å². The number of nitrogens with one attached hydrogen (secondary N) is 1. The van der Waals surface area contributed by atoms with Crippen LogP contribution in [0.3, 0.4) is 0 Å². The van der Waals surface area contributed by atoms with Gasteiger partial charge in [0.05, 0.1) is 17.6 Å². The first-order valence-electron chi connectivity index (χ1n) is 9.93. The zero-order chi connectivity index (χ0) is 20.5. The van der Waals surface area contributed by atoms with Gasteiger partial charge < -0.3 is 5.32 Å². The van der Waals surface area contributed by atoms with E-state index in [2.05, 4.69) is 33.8 Å². The average Bonchev–Trinajstić information content (AvgIpc) is 3.41. The number of halogens is 2. The second-order valence-corrected chi connectivity index (χ2v) is 7.54. The fraction of sp³-hybridized carbons (Fsp3) is 0.167. The van der Waals surface area contributed by atoms with Gasteiger partial charge in [-0.3, -0.25) is 0 Å². The van der Waals surface area contributed by atoms with Crippen LogP contribution in [0.15, 0.2) is 79.0 Å². The van der Waals surface area contributed by atoms with Gasteiger partial charge in [0.2, 0.25) is 0 Å². The Balaban J connectivity index is 1.27. The molecule has 0 radical (unpaired) electrons. The highest BCUT2D eigenvalue weighted by Crippen LogP contribution is 2.41. The molecule has 1 heterocycles. The van der Waals surface area contributed by atoms with Gasteiger partial charge >= 0.3 is 0 Å². The maximum absolute atomic E-state index is 13.4. The molecule has 4 aromatic rings. The van der Waals surface area contributed by atoms with Crippen molar-refractivity contribution in [3.8, 4) is 16.8 Å². The average molecular weight is 402 g/mol. The van der Waals surface area contributed by atoms with Crippen LogP contribution in [0.5, 0.6) is 0 Å². The van der Waals surface area contributed by atoms with E-state index in [9.17, 15) is 8.78 Å². The molecular formula is C24H20F2N4. The lowest BCUT2D eigenvalue weighted by atomic mass is 10.0. The first-order chi connectivity index (χ1) is 14.7. The van der Waals surface area contributed by atoms with Gasteiger partial charge in [0.25, 0.3) is 0 Å². The van der Waals surface area contributed by atoms with Crippen molar-refractivity contribution >= 4 is 0 Å². The van der Waals surface area contributed by atoms with E-state index in [4.69, 9.17) is 0 Å². The normalized spacial score (nSPS) is 17.8. The number of hydrogen-bond acceptors (Lipinski definition) is 3. The Kier molecular flexibility index (Phi) is 4.85. The van der Waals surface area contributed by atoms with Gasteiger partial charge in [0, 0.05) is 24.1 Å². The summed E-state index contributed by atoms with van der Waals surface area (Å²) in [5.41, 5.74) is 4.83. The quantitative estimate of drug-likeness (QED) is 0.501. The summed E-state index contributed by atoms with van der Waals surface area (Å²) in [6.07, 6.45) is 2.82. The molecule has 1 saturated carbocycles. The molecule has 5 rings (SSSR count). The summed E-state index contributed by atoms with van der Waals surface area (Å²) in [6.45, 7) is 0.568. The first-order valence-corrected chi connectivity index (χ1v) is 9.93. The van der Waals surface area contributed by atoms with Crippen LogP contribution in [0.25, 0.3) is 16.8 Å². The Hall–Kier alpha value is -3.38. The Morgan fingerprint density at radius 2 is 1.73 bits per heavy atom. The lowest BCUT2D eigenvalue weighted by Crippen LogP contribution is -2.17. The van der Waals surface area contributed by atoms with Crippen molar-refractivity contribution in [1.29, 1.82) is 0 Å². The molecule has 150 valence electrons. The van der Waals surface area contributed by atoms with Gasteiger partial charge in [-0.05, 0) is 35.7 Å². The minimum Gasteiger partial charge on any atom is -0.308 e. The van der Waals surface area contributed by atoms with Crippen LogP contribution in [0.4, 0.5) is 8.78 Å². The van der Waals surface area contributed by atoms with Crippen molar-refractivity contribution in [2.24, 2.45) is 0 Å². The summed E-state index contributed by atoms with van der Waals surface area (Å²) in [5.74, 6) is -1.40. The van der Waals surface area contributed by atoms with Gasteiger partial charge in [-0.2, -0.15) is 0 Å². The monoisotopic (exact) mass is 402 g/mol. The second kappa shape index (κ2) is 7.80. The maximum atomic E-state index is 13.4. The molecule has 1 aromatic heterocycles. The van der Waals surface area contributed by atoms with Crippen LogP contribution >= 0.6 is 0 Å². The summed E-state index contributed by atoms with van der Waals surface area (Å²) in [7, 11) is 0. The minimum absolute atomic E-state index is 0.203. The van der Waals surface area contributed by atoms with E-state index in [1.807, 2.05) is 42.6 Å². The first kappa shape index (κ1) is 18.6. The Labute approximate surface area is 173 Å². The van der Waals surface area contributed by atoms with Gasteiger partial charge in [-0.1, -0.05) is 59.8 Å². The van der Waals surface area contributed by atoms with E-state index in [1.165, 1.54) is 12.1 Å². The molecule has 0 spiro atoms. The Morgan fingerprint density at radius 3 is 2.57 bits per heavy atom. The lowest BCUT2D eigenvalue weighted by Gasteiger charge is -2.08. The zero-order valence-electron chi connectivity index (χ0n) is 16.2. The standard InChI is InChI=1S/C24H20F2N4/c25-21-11-10-17(12-22(21)26)20-13-23(20)27-14-18-15-30(29-28-18)24-9-5-4-8-19(24)16-6-2-1-3-7-16/h1-12,15,20,23,27H,13-14H2/t20-,23+/m0/s1. The molecule has 0 amide bonds. The predicted molar refractivity (Wildman–Crippen MR) is 111 cm³/mol. The molecule has 1 N–H and O–H groups in total. The molecule has 6 heteroatoms. The molecule has 1 aliphatic carbocycles. The van der Waals surface area contributed by atoms with Crippen LogP contribution in [-0.4, -0.2) is 21.0 Å². The molecule has 1 fully saturated rings. The summed E-state index contributed by atoms with van der Waals surface area (Å²) < 4.78 is 28.4. The van der Waals surface area contributed by atoms with Crippen LogP contribution in [0.1, 0.15) is 23.6 Å². The molecule has 0 unspecified atom stereocenters. The maximum Gasteiger partial charge on any atom is 0.159 e. The SMILES string of the molecule is Fc1ccc([C@@H]2C[C@H]2NCc2cn(-c3ccccc3-c3ccccc3)nn2)cc1F. The molecule has 0 aliphatic heterocycles. The lowest BCUT2D eigenvalue weighted by molar-refractivity contribution is 0.506. The summed E-state index contributed by atoms with van der Waals surface area (Å²) >= 11 is 0. The molecule has 0 bridgehead atoms. The van der Waals surface area contributed by atoms with Crippen LogP contribution in [0, 0.1) is 11.6 Å². The van der Waals surface area contributed by atoms with Gasteiger partial charge in [-0.15, -0.1) is 5.10 Å². The van der Waals surface area contributed by atoms with Crippen molar-refractivity contribution < 1.29 is 8.78 Å². The second-order valence-electron chi connectivity index (χ2n) is 7.54. The third kappa shape index (κ3) is 3.74. The summed E-state index contributed by atoms with van der Waals surface area (Å²) in [5, 5.41) is 12.0. The molecule has 2 atom stereocenters. The van der Waals surface area contributed by atoms with Crippen molar-refractivity contribution in [2.75, 3.05) is 0 Å². The number of benzene rings is 3. The Morgan fingerprint density at radius 1 is 0.933 bits per heavy atom. The van der Waals surface area contributed by atoms with E-state index >= 15 is 0 Å². The highest BCUT2D eigenvalue weighted by molar-refractivity contribution is 5.72. The highest BCUT2D eigenvalue weighted by Gasteiger charge is 2.38. The van der Waals surface area contributed by atoms with E-state index in [-0.39, 0.29) is 12.0 Å². The molecule has 30 heavy (non-hydrogen) atoms. The minimum atomic E-state index is -0.809. The smallest absolute Gasteiger partial charge is 0.159 e. The third-order valence-electron chi connectivity index (χ3n) is 5.48. The van der Waals surface area contributed by atoms with Gasteiger partial charge in [0.15, 0.2) is 11.6 Å². The number of hydrogen-bond donors (Lipinski definition) is 1. The Bertz CT molecular complexity index is 1170. The molecule has 4 nitrogen and oxygen atoms in total. The van der Waals surface area contributed by atoms with Crippen molar-refractivity contribution in [2.45, 2.75) is 24.9 Å². The fourth-order valence-electron chi connectivity index (χ4n) is 3.80. The van der Waals surface area contributed by atoms with E-state index < -0.39 is 11.6 Å². The van der Waals surface area contributed by atoms with Crippen molar-refractivity contribution in [3.05, 3.63) is 102 Å². The molecule has 3 aromatic carbocycles. The van der Waals surface area contributed by atoms with Crippen LogP contribution in [0.2, 0.25) is 0 Å². The number of rotatable bonds is 6. The van der Waals surface area contributed by atoms with Gasteiger partial charge in [0.1, 0.15) is 0 Å². The van der Waals surface area contributed by atoms with Crippen molar-refractivity contribution in [3.63, 3.8) is 0 Å². The third-order valence-corrected chi connectivity index (χ3v) is 5.48. The van der Waals surface area contributed by atoms with Crippen molar-refractivity contribution in [1.82, 2.24) is 20.3 Å². The fourth-order valence-corrected chi connectivity index (χ4v) is 3.80. The van der Waals surface area contributed by atoms with Gasteiger partial charge in [-0.25, -0.2) is 13.5 Å². The van der Waals surface area contributed by atoms with E-state index in [0.29, 0.717) is 6.54 Å². The predicted octanol–water partition coefficient (Wildman–Crippen LogP) is 4.86. The largest absolute Gasteiger partial charge is 0.308 e. The van der Waals surface area contributed by atoms with Crippen LogP contribution < -0.4 is 5.32 Å². The zero-order valence-corrected chi connectivity index (χ0v) is 16.2. The molecule has 0 saturated heterocycles. The molecular weight excluding hydrogens is 382 g/mol. The summed E-state index contributed by atoms with van der Waals surface area (Å²) in [4.78, 5) is 0. The topological polar surface area (TPSA) is 42.7 Å². The summed E-state index contributed by atoms with van der Waals surface area (Å²) in [6, 6.07) is 22.6. The molecule has 1 aliphatic rings. The van der Waals surface area contributed by atoms with Crippen LogP contribution in [-0.2, 0) is 6.54 Å².